The molecule has 0 saturated carbocycles. The zero-order valence-corrected chi connectivity index (χ0v) is 13.1. The molecule has 1 unspecified atom stereocenters. The molecule has 20 heavy (non-hydrogen) atoms. The number of halogens is 1. The van der Waals surface area contributed by atoms with Gasteiger partial charge in [-0.15, -0.1) is 11.3 Å². The first kappa shape index (κ1) is 15.2. The number of hydrogen-bond donors (Lipinski definition) is 1. The predicted molar refractivity (Wildman–Crippen MR) is 84.0 cm³/mol. The first-order valence-corrected chi connectivity index (χ1v) is 7.57. The van der Waals surface area contributed by atoms with Crippen LogP contribution in [0.25, 0.3) is 0 Å². The highest BCUT2D eigenvalue weighted by molar-refractivity contribution is 7.16. The summed E-state index contributed by atoms with van der Waals surface area (Å²) in [5, 5.41) is 0. The maximum atomic E-state index is 5.90. The summed E-state index contributed by atoms with van der Waals surface area (Å²) in [4.78, 5) is 1.08. The van der Waals surface area contributed by atoms with Crippen molar-refractivity contribution in [1.82, 2.24) is 0 Å². The fourth-order valence-electron chi connectivity index (χ4n) is 1.91. The third-order valence-electron chi connectivity index (χ3n) is 2.78. The van der Waals surface area contributed by atoms with Crippen molar-refractivity contribution in [1.29, 1.82) is 0 Å². The molecule has 0 fully saturated rings. The van der Waals surface area contributed by atoms with Crippen LogP contribution in [0.1, 0.15) is 17.4 Å². The molecule has 0 amide bonds. The first-order chi connectivity index (χ1) is 9.58. The molecule has 0 radical (unpaired) electrons. The Bertz CT molecular complexity index is 569. The second-order valence-electron chi connectivity index (χ2n) is 4.66. The van der Waals surface area contributed by atoms with Gasteiger partial charge in [0.15, 0.2) is 11.5 Å². The maximum Gasteiger partial charge on any atom is 0.161 e. The highest BCUT2D eigenvalue weighted by Crippen LogP contribution is 2.30. The molecule has 1 aromatic heterocycles. The largest absolute Gasteiger partial charge is 0.493 e. The van der Waals surface area contributed by atoms with Gasteiger partial charge in [-0.2, -0.15) is 0 Å². The van der Waals surface area contributed by atoms with Gasteiger partial charge in [-0.1, -0.05) is 17.7 Å². The van der Waals surface area contributed by atoms with E-state index in [9.17, 15) is 0 Å². The molecule has 1 aromatic carbocycles. The van der Waals surface area contributed by atoms with Crippen LogP contribution in [-0.2, 0) is 13.0 Å². The molecule has 3 nitrogen and oxygen atoms in total. The molecule has 0 aliphatic carbocycles. The molecule has 0 saturated heterocycles. The fraction of sp³-hybridized carbons (Fsp3) is 0.333. The lowest BCUT2D eigenvalue weighted by molar-refractivity contribution is 0.287. The van der Waals surface area contributed by atoms with E-state index in [1.807, 2.05) is 37.3 Å². The van der Waals surface area contributed by atoms with Gasteiger partial charge in [-0.05, 0) is 43.2 Å². The topological polar surface area (TPSA) is 44.5 Å². The van der Waals surface area contributed by atoms with E-state index in [2.05, 4.69) is 0 Å². The van der Waals surface area contributed by atoms with Crippen LogP contribution < -0.4 is 15.2 Å². The van der Waals surface area contributed by atoms with E-state index >= 15 is 0 Å². The Morgan fingerprint density at radius 3 is 2.65 bits per heavy atom. The lowest BCUT2D eigenvalue weighted by Gasteiger charge is -2.12. The van der Waals surface area contributed by atoms with Crippen molar-refractivity contribution >= 4 is 22.9 Å². The van der Waals surface area contributed by atoms with Crippen molar-refractivity contribution in [3.8, 4) is 11.5 Å². The third-order valence-corrected chi connectivity index (χ3v) is 3.99. The number of thiophene rings is 1. The van der Waals surface area contributed by atoms with Crippen molar-refractivity contribution in [2.45, 2.75) is 26.0 Å². The van der Waals surface area contributed by atoms with Crippen molar-refractivity contribution in [2.24, 2.45) is 5.73 Å². The van der Waals surface area contributed by atoms with E-state index < -0.39 is 0 Å². The number of methoxy groups -OCH3 is 1. The second kappa shape index (κ2) is 6.97. The zero-order chi connectivity index (χ0) is 14.5. The summed E-state index contributed by atoms with van der Waals surface area (Å²) in [6.45, 7) is 2.47. The molecule has 5 heteroatoms. The maximum absolute atomic E-state index is 5.90. The molecule has 1 heterocycles. The molecular weight excluding hydrogens is 294 g/mol. The quantitative estimate of drug-likeness (QED) is 0.880. The van der Waals surface area contributed by atoms with Crippen LogP contribution in [0.5, 0.6) is 11.5 Å². The Morgan fingerprint density at radius 2 is 2.05 bits per heavy atom. The minimum Gasteiger partial charge on any atom is -0.493 e. The SMILES string of the molecule is COc1cc(CC(C)N)ccc1OCc1ccc(Cl)s1. The van der Waals surface area contributed by atoms with Gasteiger partial charge < -0.3 is 15.2 Å². The van der Waals surface area contributed by atoms with E-state index in [1.54, 1.807) is 7.11 Å². The van der Waals surface area contributed by atoms with Gasteiger partial charge in [0.1, 0.15) is 6.61 Å². The molecule has 2 N–H and O–H groups in total. The molecule has 1 atom stereocenters. The Morgan fingerprint density at radius 1 is 1.25 bits per heavy atom. The van der Waals surface area contributed by atoms with Gasteiger partial charge in [0.25, 0.3) is 0 Å². The average molecular weight is 312 g/mol. The molecule has 0 spiro atoms. The van der Waals surface area contributed by atoms with Gasteiger partial charge in [-0.25, -0.2) is 0 Å². The lowest BCUT2D eigenvalue weighted by Crippen LogP contribution is -2.17. The monoisotopic (exact) mass is 311 g/mol. The average Bonchev–Trinajstić information content (AvgIpc) is 2.82. The highest BCUT2D eigenvalue weighted by atomic mass is 35.5. The number of rotatable bonds is 6. The minimum atomic E-state index is 0.125. The first-order valence-electron chi connectivity index (χ1n) is 6.38. The summed E-state index contributed by atoms with van der Waals surface area (Å²) >= 11 is 7.41. The zero-order valence-electron chi connectivity index (χ0n) is 11.6. The van der Waals surface area contributed by atoms with Gasteiger partial charge in [0.05, 0.1) is 11.4 Å². The van der Waals surface area contributed by atoms with Crippen molar-refractivity contribution in [2.75, 3.05) is 7.11 Å². The molecule has 0 aliphatic rings. The Balaban J connectivity index is 2.07. The van der Waals surface area contributed by atoms with Crippen LogP contribution in [0, 0.1) is 0 Å². The summed E-state index contributed by atoms with van der Waals surface area (Å²) in [5.41, 5.74) is 6.95. The molecule has 0 bridgehead atoms. The van der Waals surface area contributed by atoms with Crippen molar-refractivity contribution < 1.29 is 9.47 Å². The molecular formula is C15H18ClNO2S. The highest BCUT2D eigenvalue weighted by Gasteiger charge is 2.08. The van der Waals surface area contributed by atoms with E-state index in [0.717, 1.165) is 32.7 Å². The minimum absolute atomic E-state index is 0.125. The third kappa shape index (κ3) is 4.13. The van der Waals surface area contributed by atoms with E-state index in [1.165, 1.54) is 11.3 Å². The van der Waals surface area contributed by atoms with Gasteiger partial charge in [-0.3, -0.25) is 0 Å². The number of benzene rings is 1. The summed E-state index contributed by atoms with van der Waals surface area (Å²) in [7, 11) is 1.64. The van der Waals surface area contributed by atoms with Crippen LogP contribution in [0.2, 0.25) is 4.34 Å². The van der Waals surface area contributed by atoms with E-state index in [-0.39, 0.29) is 6.04 Å². The van der Waals surface area contributed by atoms with Gasteiger partial charge in [0, 0.05) is 10.9 Å². The molecule has 2 rings (SSSR count). The van der Waals surface area contributed by atoms with Crippen LogP contribution in [-0.4, -0.2) is 13.2 Å². The van der Waals surface area contributed by atoms with Crippen LogP contribution in [0.15, 0.2) is 30.3 Å². The summed E-state index contributed by atoms with van der Waals surface area (Å²) in [5.74, 6) is 1.45. The number of hydrogen-bond acceptors (Lipinski definition) is 4. The van der Waals surface area contributed by atoms with Crippen LogP contribution in [0.4, 0.5) is 0 Å². The predicted octanol–water partition coefficient (Wildman–Crippen LogP) is 3.88. The molecule has 2 aromatic rings. The smallest absolute Gasteiger partial charge is 0.161 e. The summed E-state index contributed by atoms with van der Waals surface area (Å²) in [6, 6.07) is 9.87. The normalized spacial score (nSPS) is 12.2. The van der Waals surface area contributed by atoms with E-state index in [0.29, 0.717) is 6.61 Å². The van der Waals surface area contributed by atoms with Gasteiger partial charge in [0.2, 0.25) is 0 Å². The molecule has 0 aliphatic heterocycles. The molecule has 108 valence electrons. The van der Waals surface area contributed by atoms with Gasteiger partial charge >= 0.3 is 0 Å². The Labute approximate surface area is 128 Å². The van der Waals surface area contributed by atoms with E-state index in [4.69, 9.17) is 26.8 Å². The number of nitrogens with two attached hydrogens (primary N) is 1. The van der Waals surface area contributed by atoms with Crippen LogP contribution >= 0.6 is 22.9 Å². The van der Waals surface area contributed by atoms with Crippen molar-refractivity contribution in [3.63, 3.8) is 0 Å². The lowest BCUT2D eigenvalue weighted by atomic mass is 10.1. The second-order valence-corrected chi connectivity index (χ2v) is 6.46. The fourth-order valence-corrected chi connectivity index (χ4v) is 2.91. The van der Waals surface area contributed by atoms with Crippen molar-refractivity contribution in [3.05, 3.63) is 45.1 Å². The summed E-state index contributed by atoms with van der Waals surface area (Å²) in [6.07, 6.45) is 0.817. The van der Waals surface area contributed by atoms with Crippen LogP contribution in [0.3, 0.4) is 0 Å². The Kier molecular flexibility index (Phi) is 5.29. The number of ether oxygens (including phenoxy) is 2. The summed E-state index contributed by atoms with van der Waals surface area (Å²) < 4.78 is 11.9. The standard InChI is InChI=1S/C15H18ClNO2S/c1-10(17)7-11-3-5-13(14(8-11)18-2)19-9-12-4-6-15(16)20-12/h3-6,8,10H,7,9,17H2,1-2H3. The Hall–Kier alpha value is -1.23.